The summed E-state index contributed by atoms with van der Waals surface area (Å²) < 4.78 is 10.9. The Bertz CT molecular complexity index is 1450. The number of hydrogen-bond donors (Lipinski definition) is 1. The van der Waals surface area contributed by atoms with Crippen LogP contribution in [0.5, 0.6) is 0 Å². The van der Waals surface area contributed by atoms with Crippen molar-refractivity contribution in [3.8, 4) is 11.5 Å². The first kappa shape index (κ1) is 24.2. The minimum atomic E-state index is -0.597. The molecule has 4 aromatic rings. The molecule has 0 spiro atoms. The number of anilines is 1. The molecule has 0 saturated carbocycles. The second-order valence-corrected chi connectivity index (χ2v) is 9.14. The van der Waals surface area contributed by atoms with Gasteiger partial charge < -0.3 is 19.4 Å². The van der Waals surface area contributed by atoms with Gasteiger partial charge in [-0.3, -0.25) is 9.59 Å². The molecule has 4 rings (SSSR count). The highest BCUT2D eigenvalue weighted by Crippen LogP contribution is 2.35. The van der Waals surface area contributed by atoms with E-state index in [1.165, 1.54) is 4.90 Å². The Labute approximate surface area is 206 Å². The first-order valence-corrected chi connectivity index (χ1v) is 11.8. The number of amides is 2. The SMILES string of the molecule is CCOC(=O)c1c(NC(=O)c2cc(-c3ccc(C)o3)nc3ccccc23)sc(C(=O)N(C)C)c1C. The monoisotopic (exact) mass is 491 g/mol. The van der Waals surface area contributed by atoms with Gasteiger partial charge in [-0.15, -0.1) is 11.3 Å². The molecule has 0 radical (unpaired) electrons. The Morgan fingerprint density at radius 2 is 1.86 bits per heavy atom. The number of furan rings is 1. The van der Waals surface area contributed by atoms with Gasteiger partial charge in [-0.25, -0.2) is 9.78 Å². The van der Waals surface area contributed by atoms with E-state index in [0.717, 1.165) is 17.1 Å². The average Bonchev–Trinajstić information content (AvgIpc) is 3.40. The number of carbonyl (C=O) groups excluding carboxylic acids is 3. The van der Waals surface area contributed by atoms with Crippen molar-refractivity contribution in [1.82, 2.24) is 9.88 Å². The number of pyridine rings is 1. The smallest absolute Gasteiger partial charge is 0.341 e. The van der Waals surface area contributed by atoms with Gasteiger partial charge >= 0.3 is 5.97 Å². The molecule has 3 heterocycles. The van der Waals surface area contributed by atoms with Crippen LogP contribution in [0.25, 0.3) is 22.4 Å². The summed E-state index contributed by atoms with van der Waals surface area (Å²) in [6.07, 6.45) is 0. The molecule has 0 aliphatic heterocycles. The van der Waals surface area contributed by atoms with Crippen molar-refractivity contribution in [1.29, 1.82) is 0 Å². The fourth-order valence-corrected chi connectivity index (χ4v) is 4.90. The third-order valence-electron chi connectivity index (χ3n) is 5.41. The number of hydrogen-bond acceptors (Lipinski definition) is 7. The highest BCUT2D eigenvalue weighted by Gasteiger charge is 2.28. The number of esters is 1. The zero-order valence-electron chi connectivity index (χ0n) is 20.1. The molecule has 180 valence electrons. The molecular formula is C26H25N3O5S. The Morgan fingerprint density at radius 3 is 2.51 bits per heavy atom. The summed E-state index contributed by atoms with van der Waals surface area (Å²) in [4.78, 5) is 45.4. The molecule has 0 atom stereocenters. The lowest BCUT2D eigenvalue weighted by Crippen LogP contribution is -2.21. The molecule has 8 nitrogen and oxygen atoms in total. The lowest BCUT2D eigenvalue weighted by molar-refractivity contribution is 0.0527. The fourth-order valence-electron chi connectivity index (χ4n) is 3.69. The number of rotatable bonds is 6. The van der Waals surface area contributed by atoms with E-state index in [0.29, 0.717) is 38.4 Å². The van der Waals surface area contributed by atoms with Crippen molar-refractivity contribution >= 4 is 45.0 Å². The minimum absolute atomic E-state index is 0.166. The number of nitrogens with zero attached hydrogens (tertiary/aromatic N) is 2. The standard InChI is InChI=1S/C26H25N3O5S/c1-6-33-26(32)21-15(3)22(25(31)29(4)5)35-24(21)28-23(30)17-13-19(20-12-11-14(2)34-20)27-18-10-8-7-9-16(17)18/h7-13H,6H2,1-5H3,(H,28,30). The highest BCUT2D eigenvalue weighted by atomic mass is 32.1. The van der Waals surface area contributed by atoms with Crippen LogP contribution in [0.4, 0.5) is 5.00 Å². The summed E-state index contributed by atoms with van der Waals surface area (Å²) in [6.45, 7) is 5.37. The van der Waals surface area contributed by atoms with Gasteiger partial charge in [-0.2, -0.15) is 0 Å². The van der Waals surface area contributed by atoms with Crippen molar-refractivity contribution in [3.63, 3.8) is 0 Å². The average molecular weight is 492 g/mol. The van der Waals surface area contributed by atoms with E-state index in [-0.39, 0.29) is 23.1 Å². The number of aryl methyl sites for hydroxylation is 1. The maximum absolute atomic E-state index is 13.6. The van der Waals surface area contributed by atoms with Gasteiger partial charge in [0.2, 0.25) is 0 Å². The molecule has 0 unspecified atom stereocenters. The van der Waals surface area contributed by atoms with Gasteiger partial charge in [0.1, 0.15) is 16.5 Å². The summed E-state index contributed by atoms with van der Waals surface area (Å²) in [5.74, 6) is -0.0274. The third-order valence-corrected chi connectivity index (χ3v) is 6.60. The second-order valence-electron chi connectivity index (χ2n) is 8.12. The molecule has 1 aromatic carbocycles. The zero-order chi connectivity index (χ0) is 25.3. The number of ether oxygens (including phenoxy) is 1. The third kappa shape index (κ3) is 4.67. The van der Waals surface area contributed by atoms with E-state index in [1.54, 1.807) is 46.1 Å². The van der Waals surface area contributed by atoms with Crippen molar-refractivity contribution in [3.05, 3.63) is 69.8 Å². The Balaban J connectivity index is 1.81. The van der Waals surface area contributed by atoms with Crippen molar-refractivity contribution in [2.75, 3.05) is 26.0 Å². The van der Waals surface area contributed by atoms with Gasteiger partial charge in [0, 0.05) is 19.5 Å². The van der Waals surface area contributed by atoms with Crippen LogP contribution in [-0.2, 0) is 4.74 Å². The van der Waals surface area contributed by atoms with Crippen LogP contribution in [0.1, 0.15) is 48.6 Å². The normalized spacial score (nSPS) is 10.9. The van der Waals surface area contributed by atoms with Crippen LogP contribution in [-0.4, -0.2) is 48.4 Å². The summed E-state index contributed by atoms with van der Waals surface area (Å²) in [5, 5.41) is 3.75. The molecule has 2 amide bonds. The predicted molar refractivity (Wildman–Crippen MR) is 135 cm³/mol. The summed E-state index contributed by atoms with van der Waals surface area (Å²) in [6, 6.07) is 12.6. The van der Waals surface area contributed by atoms with Gasteiger partial charge in [-0.1, -0.05) is 18.2 Å². The van der Waals surface area contributed by atoms with Crippen molar-refractivity contribution in [2.24, 2.45) is 0 Å². The summed E-state index contributed by atoms with van der Waals surface area (Å²) >= 11 is 1.05. The van der Waals surface area contributed by atoms with Crippen LogP contribution in [0, 0.1) is 13.8 Å². The van der Waals surface area contributed by atoms with Gasteiger partial charge in [-0.05, 0) is 50.6 Å². The van der Waals surface area contributed by atoms with E-state index in [4.69, 9.17) is 9.15 Å². The second kappa shape index (κ2) is 9.71. The molecular weight excluding hydrogens is 466 g/mol. The number of thiophene rings is 1. The van der Waals surface area contributed by atoms with Gasteiger partial charge in [0.05, 0.1) is 28.1 Å². The number of nitrogens with one attached hydrogen (secondary N) is 1. The van der Waals surface area contributed by atoms with Crippen LogP contribution in [0.3, 0.4) is 0 Å². The number of carbonyl (C=O) groups is 3. The molecule has 0 aliphatic rings. The molecule has 0 saturated heterocycles. The summed E-state index contributed by atoms with van der Waals surface area (Å²) in [7, 11) is 3.26. The van der Waals surface area contributed by atoms with Crippen molar-refractivity contribution in [2.45, 2.75) is 20.8 Å². The van der Waals surface area contributed by atoms with Crippen LogP contribution in [0.2, 0.25) is 0 Å². The number of aromatic nitrogens is 1. The van der Waals surface area contributed by atoms with Gasteiger partial charge in [0.15, 0.2) is 5.76 Å². The predicted octanol–water partition coefficient (Wildman–Crippen LogP) is 5.30. The Hall–Kier alpha value is -3.98. The number of para-hydroxylation sites is 1. The molecule has 1 N–H and O–H groups in total. The maximum Gasteiger partial charge on any atom is 0.341 e. The van der Waals surface area contributed by atoms with Crippen LogP contribution in [0.15, 0.2) is 46.9 Å². The van der Waals surface area contributed by atoms with E-state index < -0.39 is 11.9 Å². The topological polar surface area (TPSA) is 102 Å². The quantitative estimate of drug-likeness (QED) is 0.367. The Kier molecular flexibility index (Phi) is 6.70. The lowest BCUT2D eigenvalue weighted by Gasteiger charge is -2.10. The van der Waals surface area contributed by atoms with E-state index in [1.807, 2.05) is 31.2 Å². The maximum atomic E-state index is 13.6. The number of benzene rings is 1. The minimum Gasteiger partial charge on any atom is -0.462 e. The molecule has 3 aromatic heterocycles. The molecule has 0 bridgehead atoms. The van der Waals surface area contributed by atoms with Gasteiger partial charge in [0.25, 0.3) is 11.8 Å². The van der Waals surface area contributed by atoms with Crippen molar-refractivity contribution < 1.29 is 23.5 Å². The zero-order valence-corrected chi connectivity index (χ0v) is 20.9. The Morgan fingerprint density at radius 1 is 1.11 bits per heavy atom. The van der Waals surface area contributed by atoms with E-state index in [2.05, 4.69) is 10.3 Å². The van der Waals surface area contributed by atoms with Crippen LogP contribution < -0.4 is 5.32 Å². The van der Waals surface area contributed by atoms with Crippen LogP contribution >= 0.6 is 11.3 Å². The highest BCUT2D eigenvalue weighted by molar-refractivity contribution is 7.18. The molecule has 35 heavy (non-hydrogen) atoms. The molecule has 0 aliphatic carbocycles. The summed E-state index contributed by atoms with van der Waals surface area (Å²) in [5.41, 5.74) is 2.14. The molecule has 0 fully saturated rings. The molecule has 9 heteroatoms. The van der Waals surface area contributed by atoms with E-state index in [9.17, 15) is 14.4 Å². The number of fused-ring (bicyclic) bond motifs is 1. The first-order chi connectivity index (χ1) is 16.7. The lowest BCUT2D eigenvalue weighted by atomic mass is 10.1. The first-order valence-electron chi connectivity index (χ1n) is 11.0. The van der Waals surface area contributed by atoms with E-state index >= 15 is 0 Å². The largest absolute Gasteiger partial charge is 0.462 e. The fraction of sp³-hybridized carbons (Fsp3) is 0.231.